The number of alkyl halides is 3. The number of aryl methyl sites for hydroxylation is 1. The highest BCUT2D eigenvalue weighted by atomic mass is 19.4. The first-order chi connectivity index (χ1) is 13.7. The molecule has 0 aliphatic carbocycles. The fourth-order valence-electron chi connectivity index (χ4n) is 2.83. The number of fused-ring (bicyclic) bond motifs is 1. The van der Waals surface area contributed by atoms with E-state index in [1.165, 1.54) is 25.1 Å². The van der Waals surface area contributed by atoms with Gasteiger partial charge in [-0.2, -0.15) is 13.2 Å². The molecule has 0 spiro atoms. The summed E-state index contributed by atoms with van der Waals surface area (Å²) in [5.41, 5.74) is 0.0201. The number of halogens is 3. The molecule has 3 rings (SSSR count). The quantitative estimate of drug-likeness (QED) is 0.640. The number of amides is 1. The van der Waals surface area contributed by atoms with Crippen LogP contribution in [-0.2, 0) is 15.7 Å². The Hall–Kier alpha value is -3.42. The van der Waals surface area contributed by atoms with Crippen LogP contribution in [0.5, 0.6) is 0 Å². The number of ether oxygens (including phenoxy) is 1. The second kappa shape index (κ2) is 7.90. The van der Waals surface area contributed by atoms with Gasteiger partial charge < -0.3 is 10.1 Å². The number of esters is 1. The van der Waals surface area contributed by atoms with Crippen molar-refractivity contribution in [2.75, 3.05) is 5.32 Å². The average Bonchev–Trinajstić information content (AvgIpc) is 2.66. The second-order valence-corrected chi connectivity index (χ2v) is 6.41. The molecule has 1 amide bonds. The second-order valence-electron chi connectivity index (χ2n) is 6.41. The van der Waals surface area contributed by atoms with Crippen LogP contribution in [0.4, 0.5) is 18.9 Å². The molecule has 3 aromatic rings. The van der Waals surface area contributed by atoms with Crippen molar-refractivity contribution in [2.45, 2.75) is 26.1 Å². The number of nitrogens with one attached hydrogen (secondary N) is 1. The third-order valence-electron chi connectivity index (χ3n) is 4.21. The van der Waals surface area contributed by atoms with Gasteiger partial charge in [-0.1, -0.05) is 30.3 Å². The van der Waals surface area contributed by atoms with Crippen LogP contribution in [0.2, 0.25) is 0 Å². The minimum Gasteiger partial charge on any atom is -0.449 e. The summed E-state index contributed by atoms with van der Waals surface area (Å²) >= 11 is 0. The van der Waals surface area contributed by atoms with Gasteiger partial charge in [0.1, 0.15) is 0 Å². The zero-order valence-electron chi connectivity index (χ0n) is 15.6. The van der Waals surface area contributed by atoms with E-state index >= 15 is 0 Å². The summed E-state index contributed by atoms with van der Waals surface area (Å²) in [6.07, 6.45) is -5.94. The monoisotopic (exact) mass is 402 g/mol. The first-order valence-electron chi connectivity index (χ1n) is 8.71. The van der Waals surface area contributed by atoms with E-state index in [9.17, 15) is 22.8 Å². The standard InChI is InChI=1S/C21H17F3N2O3/c1-12-11-15(14-7-3-5-9-17(14)25-12)20(28)29-13(2)19(27)26-18-10-6-4-8-16(18)21(22,23)24/h3-11,13H,1-2H3,(H,26,27)/t13-/m1/s1. The molecule has 8 heteroatoms. The third-order valence-corrected chi connectivity index (χ3v) is 4.21. The number of hydrogen-bond acceptors (Lipinski definition) is 4. The average molecular weight is 402 g/mol. The van der Waals surface area contributed by atoms with E-state index in [0.29, 0.717) is 16.6 Å². The molecule has 0 aliphatic heterocycles. The lowest BCUT2D eigenvalue weighted by Gasteiger charge is -2.17. The molecular formula is C21H17F3N2O3. The minimum atomic E-state index is -4.63. The van der Waals surface area contributed by atoms with Crippen LogP contribution in [0.25, 0.3) is 10.9 Å². The molecule has 1 N–H and O–H groups in total. The third kappa shape index (κ3) is 4.53. The summed E-state index contributed by atoms with van der Waals surface area (Å²) in [6, 6.07) is 13.1. The van der Waals surface area contributed by atoms with Crippen molar-refractivity contribution < 1.29 is 27.5 Å². The number of benzene rings is 2. The number of carbonyl (C=O) groups is 2. The Kier molecular flexibility index (Phi) is 5.54. The van der Waals surface area contributed by atoms with Gasteiger partial charge in [-0.15, -0.1) is 0 Å². The number of pyridine rings is 1. The van der Waals surface area contributed by atoms with E-state index < -0.39 is 35.4 Å². The highest BCUT2D eigenvalue weighted by Crippen LogP contribution is 2.34. The summed E-state index contributed by atoms with van der Waals surface area (Å²) in [6.45, 7) is 3.01. The maximum atomic E-state index is 13.1. The molecular weight excluding hydrogens is 385 g/mol. The van der Waals surface area contributed by atoms with Crippen LogP contribution >= 0.6 is 0 Å². The Balaban J connectivity index is 1.79. The zero-order chi connectivity index (χ0) is 21.2. The predicted octanol–water partition coefficient (Wildman–Crippen LogP) is 4.75. The topological polar surface area (TPSA) is 68.3 Å². The Morgan fingerprint density at radius 1 is 1.07 bits per heavy atom. The Morgan fingerprint density at radius 2 is 1.72 bits per heavy atom. The maximum absolute atomic E-state index is 13.1. The summed E-state index contributed by atoms with van der Waals surface area (Å²) in [4.78, 5) is 29.2. The lowest BCUT2D eigenvalue weighted by atomic mass is 10.1. The van der Waals surface area contributed by atoms with Gasteiger partial charge in [0.25, 0.3) is 5.91 Å². The molecule has 0 bridgehead atoms. The molecule has 0 aliphatic rings. The fraction of sp³-hybridized carbons (Fsp3) is 0.190. The molecule has 1 aromatic heterocycles. The largest absolute Gasteiger partial charge is 0.449 e. The Bertz CT molecular complexity index is 1080. The van der Waals surface area contributed by atoms with Crippen molar-refractivity contribution >= 4 is 28.5 Å². The predicted molar refractivity (Wildman–Crippen MR) is 101 cm³/mol. The fourth-order valence-corrected chi connectivity index (χ4v) is 2.83. The van der Waals surface area contributed by atoms with Gasteiger partial charge in [-0.25, -0.2) is 4.79 Å². The molecule has 1 atom stereocenters. The molecule has 0 saturated carbocycles. The van der Waals surface area contributed by atoms with Gasteiger partial charge in [0.05, 0.1) is 22.3 Å². The van der Waals surface area contributed by atoms with Crippen LogP contribution in [0.3, 0.4) is 0 Å². The Morgan fingerprint density at radius 3 is 2.45 bits per heavy atom. The van der Waals surface area contributed by atoms with Crippen molar-refractivity contribution in [3.63, 3.8) is 0 Å². The smallest absolute Gasteiger partial charge is 0.418 e. The number of rotatable bonds is 4. The van der Waals surface area contributed by atoms with E-state index in [1.54, 1.807) is 31.2 Å². The summed E-state index contributed by atoms with van der Waals surface area (Å²) in [7, 11) is 0. The minimum absolute atomic E-state index is 0.225. The van der Waals surface area contributed by atoms with Crippen molar-refractivity contribution in [1.29, 1.82) is 0 Å². The zero-order valence-corrected chi connectivity index (χ0v) is 15.6. The number of aromatic nitrogens is 1. The molecule has 0 fully saturated rings. The summed E-state index contributed by atoms with van der Waals surface area (Å²) < 4.78 is 44.4. The molecule has 150 valence electrons. The lowest BCUT2D eigenvalue weighted by molar-refractivity contribution is -0.137. The van der Waals surface area contributed by atoms with Crippen molar-refractivity contribution in [2.24, 2.45) is 0 Å². The van der Waals surface area contributed by atoms with Gasteiger partial charge in [-0.05, 0) is 38.1 Å². The van der Waals surface area contributed by atoms with Gasteiger partial charge in [0.2, 0.25) is 0 Å². The van der Waals surface area contributed by atoms with E-state index in [-0.39, 0.29) is 5.56 Å². The van der Waals surface area contributed by atoms with Crippen LogP contribution in [0, 0.1) is 6.92 Å². The summed E-state index contributed by atoms with van der Waals surface area (Å²) in [5.74, 6) is -1.64. The summed E-state index contributed by atoms with van der Waals surface area (Å²) in [5, 5.41) is 2.73. The molecule has 2 aromatic carbocycles. The lowest BCUT2D eigenvalue weighted by Crippen LogP contribution is -2.31. The van der Waals surface area contributed by atoms with Crippen LogP contribution in [0.1, 0.15) is 28.5 Å². The van der Waals surface area contributed by atoms with Crippen LogP contribution in [0.15, 0.2) is 54.6 Å². The maximum Gasteiger partial charge on any atom is 0.418 e. The molecule has 1 heterocycles. The van der Waals surface area contributed by atoms with E-state index in [0.717, 1.165) is 12.1 Å². The van der Waals surface area contributed by atoms with Gasteiger partial charge in [-0.3, -0.25) is 9.78 Å². The van der Waals surface area contributed by atoms with Crippen LogP contribution in [-0.4, -0.2) is 23.0 Å². The van der Waals surface area contributed by atoms with Gasteiger partial charge in [0.15, 0.2) is 6.10 Å². The molecule has 0 unspecified atom stereocenters. The van der Waals surface area contributed by atoms with E-state index in [2.05, 4.69) is 10.3 Å². The first kappa shape index (κ1) is 20.3. The number of hydrogen-bond donors (Lipinski definition) is 1. The van der Waals surface area contributed by atoms with Crippen molar-refractivity contribution in [3.8, 4) is 0 Å². The molecule has 0 radical (unpaired) electrons. The van der Waals surface area contributed by atoms with Crippen molar-refractivity contribution in [1.82, 2.24) is 4.98 Å². The van der Waals surface area contributed by atoms with Gasteiger partial charge >= 0.3 is 12.1 Å². The number of anilines is 1. The molecule has 0 saturated heterocycles. The van der Waals surface area contributed by atoms with E-state index in [4.69, 9.17) is 4.74 Å². The van der Waals surface area contributed by atoms with E-state index in [1.807, 2.05) is 0 Å². The highest BCUT2D eigenvalue weighted by Gasteiger charge is 2.34. The number of carbonyl (C=O) groups excluding carboxylic acids is 2. The highest BCUT2D eigenvalue weighted by molar-refractivity contribution is 6.05. The Labute approximate surface area is 164 Å². The molecule has 5 nitrogen and oxygen atoms in total. The number of nitrogens with zero attached hydrogens (tertiary/aromatic N) is 1. The SMILES string of the molecule is Cc1cc(C(=O)O[C@H](C)C(=O)Nc2ccccc2C(F)(F)F)c2ccccc2n1. The first-order valence-corrected chi connectivity index (χ1v) is 8.71. The normalized spacial score (nSPS) is 12.4. The van der Waals surface area contributed by atoms with Crippen molar-refractivity contribution in [3.05, 3.63) is 71.4 Å². The number of para-hydroxylation sites is 2. The molecule has 29 heavy (non-hydrogen) atoms. The van der Waals surface area contributed by atoms with Gasteiger partial charge in [0, 0.05) is 11.1 Å². The van der Waals surface area contributed by atoms with Crippen LogP contribution < -0.4 is 5.32 Å².